The molecule has 4 aromatic rings. The van der Waals surface area contributed by atoms with Crippen LogP contribution in [0.2, 0.25) is 0 Å². The van der Waals surface area contributed by atoms with Crippen molar-refractivity contribution in [2.45, 2.75) is 32.6 Å². The molecule has 1 aliphatic rings. The quantitative estimate of drug-likeness (QED) is 0.629. The molecule has 4 heterocycles. The molecule has 1 aliphatic carbocycles. The van der Waals surface area contributed by atoms with Gasteiger partial charge in [-0.3, -0.25) is 0 Å². The van der Waals surface area contributed by atoms with E-state index in [9.17, 15) is 0 Å². The van der Waals surface area contributed by atoms with Crippen molar-refractivity contribution in [3.63, 3.8) is 0 Å². The molecule has 5 rings (SSSR count). The summed E-state index contributed by atoms with van der Waals surface area (Å²) >= 11 is 0. The largest absolute Gasteiger partial charge is 0.345 e. The lowest BCUT2D eigenvalue weighted by molar-refractivity contribution is 0.309. The minimum absolute atomic E-state index is 0.769. The summed E-state index contributed by atoms with van der Waals surface area (Å²) in [6, 6.07) is 3.98. The molecule has 0 radical (unpaired) electrons. The predicted octanol–water partition coefficient (Wildman–Crippen LogP) is 3.32. The number of aromatic amines is 1. The van der Waals surface area contributed by atoms with Gasteiger partial charge >= 0.3 is 0 Å². The Labute approximate surface area is 139 Å². The molecule has 4 aromatic heterocycles. The van der Waals surface area contributed by atoms with Crippen LogP contribution in [0.5, 0.6) is 0 Å². The van der Waals surface area contributed by atoms with Gasteiger partial charge in [0.25, 0.3) is 0 Å². The van der Waals surface area contributed by atoms with E-state index in [-0.39, 0.29) is 0 Å². The zero-order valence-electron chi connectivity index (χ0n) is 13.5. The minimum atomic E-state index is 0.769. The number of aromatic nitrogens is 6. The van der Waals surface area contributed by atoms with Crippen LogP contribution in [0.15, 0.2) is 30.7 Å². The Morgan fingerprint density at radius 1 is 1.25 bits per heavy atom. The molecule has 6 nitrogen and oxygen atoms in total. The number of nitrogens with zero attached hydrogens (tertiary/aromatic N) is 5. The second-order valence-electron chi connectivity index (χ2n) is 6.66. The van der Waals surface area contributed by atoms with Crippen molar-refractivity contribution < 1.29 is 0 Å². The normalized spacial score (nSPS) is 15.2. The molecular formula is C18H18N6. The third kappa shape index (κ3) is 2.18. The Kier molecular flexibility index (Phi) is 2.92. The summed E-state index contributed by atoms with van der Waals surface area (Å²) in [4.78, 5) is 17.0. The van der Waals surface area contributed by atoms with Crippen molar-refractivity contribution in [2.24, 2.45) is 5.92 Å². The topological polar surface area (TPSA) is 71.8 Å². The van der Waals surface area contributed by atoms with E-state index in [1.54, 1.807) is 0 Å². The van der Waals surface area contributed by atoms with Crippen LogP contribution in [-0.2, 0) is 6.42 Å². The third-order valence-electron chi connectivity index (χ3n) is 4.89. The van der Waals surface area contributed by atoms with Gasteiger partial charge in [0.15, 0.2) is 5.65 Å². The van der Waals surface area contributed by atoms with Crippen molar-refractivity contribution in [3.8, 4) is 11.3 Å². The fourth-order valence-electron chi connectivity index (χ4n) is 3.35. The molecule has 0 saturated heterocycles. The van der Waals surface area contributed by atoms with Crippen molar-refractivity contribution in [2.75, 3.05) is 0 Å². The molecule has 120 valence electrons. The Balaban J connectivity index is 1.55. The highest BCUT2D eigenvalue weighted by atomic mass is 15.2. The summed E-state index contributed by atoms with van der Waals surface area (Å²) < 4.78 is 1.81. The fraction of sp³-hybridized carbons (Fsp3) is 0.333. The summed E-state index contributed by atoms with van der Waals surface area (Å²) in [6.45, 7) is 1.97. The lowest BCUT2D eigenvalue weighted by atomic mass is 9.83. The van der Waals surface area contributed by atoms with Crippen LogP contribution in [0.4, 0.5) is 0 Å². The predicted molar refractivity (Wildman–Crippen MR) is 91.7 cm³/mol. The maximum atomic E-state index is 4.70. The summed E-state index contributed by atoms with van der Waals surface area (Å²) in [7, 11) is 0. The molecule has 6 heteroatoms. The van der Waals surface area contributed by atoms with Gasteiger partial charge in [0.2, 0.25) is 0 Å². The number of hydrogen-bond acceptors (Lipinski definition) is 4. The Morgan fingerprint density at radius 2 is 2.17 bits per heavy atom. The van der Waals surface area contributed by atoms with Gasteiger partial charge in [-0.2, -0.15) is 5.10 Å². The van der Waals surface area contributed by atoms with Gasteiger partial charge in [0.05, 0.1) is 17.6 Å². The highest BCUT2D eigenvalue weighted by molar-refractivity contribution is 5.91. The van der Waals surface area contributed by atoms with Crippen LogP contribution >= 0.6 is 0 Å². The summed E-state index contributed by atoms with van der Waals surface area (Å²) in [5.41, 5.74) is 4.62. The molecule has 1 fully saturated rings. The second-order valence-corrected chi connectivity index (χ2v) is 6.66. The molecule has 0 bridgehead atoms. The lowest BCUT2D eigenvalue weighted by Gasteiger charge is -2.24. The standard InChI is InChI=1S/C18H18N6/c1-11-10-24-17(21-11)6-5-15(23-24)13-8-20-18-14(13)9-19-16(22-18)7-12-3-2-4-12/h5-6,8-10,12H,2-4,7H2,1H3,(H,19,20,22). The molecule has 0 aliphatic heterocycles. The SMILES string of the molecule is Cc1cn2nc(-c3c[nH]c4nc(CC5CCC5)ncc34)ccc2n1. The van der Waals surface area contributed by atoms with Crippen molar-refractivity contribution in [1.29, 1.82) is 0 Å². The summed E-state index contributed by atoms with van der Waals surface area (Å²) in [6.07, 6.45) is 10.8. The molecule has 0 atom stereocenters. The number of imidazole rings is 1. The molecule has 1 saturated carbocycles. The molecule has 0 aromatic carbocycles. The number of hydrogen-bond donors (Lipinski definition) is 1. The lowest BCUT2D eigenvalue weighted by Crippen LogP contribution is -2.15. The van der Waals surface area contributed by atoms with Crippen LogP contribution in [0, 0.1) is 12.8 Å². The van der Waals surface area contributed by atoms with Crippen LogP contribution in [0.25, 0.3) is 27.9 Å². The molecule has 0 unspecified atom stereocenters. The zero-order chi connectivity index (χ0) is 16.1. The van der Waals surface area contributed by atoms with Gasteiger partial charge in [-0.1, -0.05) is 19.3 Å². The van der Waals surface area contributed by atoms with E-state index in [1.807, 2.05) is 42.2 Å². The number of nitrogens with one attached hydrogen (secondary N) is 1. The van der Waals surface area contributed by atoms with E-state index in [0.717, 1.165) is 51.8 Å². The van der Waals surface area contributed by atoms with Crippen molar-refractivity contribution in [3.05, 3.63) is 42.2 Å². The number of H-pyrrole nitrogens is 1. The van der Waals surface area contributed by atoms with Gasteiger partial charge in [0.1, 0.15) is 11.5 Å². The Morgan fingerprint density at radius 3 is 3.00 bits per heavy atom. The fourth-order valence-corrected chi connectivity index (χ4v) is 3.35. The zero-order valence-corrected chi connectivity index (χ0v) is 13.5. The number of rotatable bonds is 3. The highest BCUT2D eigenvalue weighted by Crippen LogP contribution is 2.30. The first-order chi connectivity index (χ1) is 11.8. The molecular weight excluding hydrogens is 300 g/mol. The van der Waals surface area contributed by atoms with Gasteiger partial charge in [-0.05, 0) is 25.0 Å². The summed E-state index contributed by atoms with van der Waals surface area (Å²) in [5.74, 6) is 1.71. The Hall–Kier alpha value is -2.76. The van der Waals surface area contributed by atoms with E-state index >= 15 is 0 Å². The van der Waals surface area contributed by atoms with Crippen molar-refractivity contribution in [1.82, 2.24) is 29.5 Å². The molecule has 0 amide bonds. The van der Waals surface area contributed by atoms with Crippen LogP contribution < -0.4 is 0 Å². The first-order valence-electron chi connectivity index (χ1n) is 8.43. The van der Waals surface area contributed by atoms with Crippen molar-refractivity contribution >= 4 is 16.7 Å². The first-order valence-corrected chi connectivity index (χ1v) is 8.43. The van der Waals surface area contributed by atoms with E-state index in [2.05, 4.69) is 20.1 Å². The second kappa shape index (κ2) is 5.12. The molecule has 1 N–H and O–H groups in total. The highest BCUT2D eigenvalue weighted by Gasteiger charge is 2.19. The van der Waals surface area contributed by atoms with E-state index in [0.29, 0.717) is 0 Å². The third-order valence-corrected chi connectivity index (χ3v) is 4.89. The van der Waals surface area contributed by atoms with Gasteiger partial charge in [-0.15, -0.1) is 0 Å². The Bertz CT molecular complexity index is 1040. The maximum Gasteiger partial charge on any atom is 0.153 e. The first kappa shape index (κ1) is 13.7. The molecule has 0 spiro atoms. The summed E-state index contributed by atoms with van der Waals surface area (Å²) in [5, 5.41) is 5.67. The number of fused-ring (bicyclic) bond motifs is 2. The minimum Gasteiger partial charge on any atom is -0.345 e. The maximum absolute atomic E-state index is 4.70. The number of aryl methyl sites for hydroxylation is 1. The van der Waals surface area contributed by atoms with E-state index < -0.39 is 0 Å². The monoisotopic (exact) mass is 318 g/mol. The smallest absolute Gasteiger partial charge is 0.153 e. The van der Waals surface area contributed by atoms with Gasteiger partial charge < -0.3 is 4.98 Å². The van der Waals surface area contributed by atoms with Gasteiger partial charge in [0, 0.05) is 29.8 Å². The van der Waals surface area contributed by atoms with E-state index in [1.165, 1.54) is 19.3 Å². The average molecular weight is 318 g/mol. The van der Waals surface area contributed by atoms with E-state index in [4.69, 9.17) is 4.98 Å². The van der Waals surface area contributed by atoms with Crippen LogP contribution in [-0.4, -0.2) is 29.5 Å². The van der Waals surface area contributed by atoms with Crippen LogP contribution in [0.1, 0.15) is 30.8 Å². The average Bonchev–Trinajstić information content (AvgIpc) is 3.11. The van der Waals surface area contributed by atoms with Crippen LogP contribution in [0.3, 0.4) is 0 Å². The van der Waals surface area contributed by atoms with Gasteiger partial charge in [-0.25, -0.2) is 19.5 Å². The molecule has 24 heavy (non-hydrogen) atoms.